The summed E-state index contributed by atoms with van der Waals surface area (Å²) in [4.78, 5) is 0. The molecule has 3 aliphatic rings. The fourth-order valence-corrected chi connectivity index (χ4v) is 2.73. The Labute approximate surface area is 117 Å². The van der Waals surface area contributed by atoms with Crippen LogP contribution >= 0.6 is 0 Å². The topological polar surface area (TPSA) is 27.7 Å². The molecule has 3 heterocycles. The van der Waals surface area contributed by atoms with Crippen LogP contribution in [0, 0.1) is 29.1 Å². The second-order valence-corrected chi connectivity index (χ2v) is 7.00. The third-order valence-corrected chi connectivity index (χ3v) is 4.80. The number of hydrogen-bond donors (Lipinski definition) is 0. The van der Waals surface area contributed by atoms with E-state index in [-0.39, 0.29) is 16.7 Å². The lowest BCUT2D eigenvalue weighted by Gasteiger charge is -2.58. The van der Waals surface area contributed by atoms with Gasteiger partial charge in [-0.3, -0.25) is 0 Å². The quantitative estimate of drug-likeness (QED) is 0.578. The van der Waals surface area contributed by atoms with E-state index in [1.165, 1.54) is 0 Å². The Bertz CT molecular complexity index is 337. The minimum absolute atomic E-state index is 0.0206. The van der Waals surface area contributed by atoms with Gasteiger partial charge in [-0.05, 0) is 18.3 Å². The lowest BCUT2D eigenvalue weighted by molar-refractivity contribution is -0.494. The minimum atomic E-state index is -0.832. The van der Waals surface area contributed by atoms with Crippen LogP contribution in [0.15, 0.2) is 0 Å². The van der Waals surface area contributed by atoms with Crippen LogP contribution in [0.5, 0.6) is 0 Å². The molecular formula is C16H26O3. The first-order valence-corrected chi connectivity index (χ1v) is 7.21. The van der Waals surface area contributed by atoms with E-state index in [2.05, 4.69) is 33.6 Å². The van der Waals surface area contributed by atoms with E-state index in [1.54, 1.807) is 0 Å². The van der Waals surface area contributed by atoms with Crippen molar-refractivity contribution < 1.29 is 14.2 Å². The summed E-state index contributed by atoms with van der Waals surface area (Å²) in [6.45, 7) is 10.9. The van der Waals surface area contributed by atoms with Crippen LogP contribution in [-0.2, 0) is 14.2 Å². The van der Waals surface area contributed by atoms with E-state index in [9.17, 15) is 0 Å². The van der Waals surface area contributed by atoms with Gasteiger partial charge >= 0.3 is 0 Å². The summed E-state index contributed by atoms with van der Waals surface area (Å²) in [6.07, 6.45) is 8.04. The van der Waals surface area contributed by atoms with Crippen LogP contribution < -0.4 is 0 Å². The van der Waals surface area contributed by atoms with Crippen LogP contribution in [0.3, 0.4) is 0 Å². The van der Waals surface area contributed by atoms with Crippen LogP contribution in [0.25, 0.3) is 0 Å². The van der Waals surface area contributed by atoms with Crippen molar-refractivity contribution in [1.29, 1.82) is 0 Å². The van der Waals surface area contributed by atoms with Gasteiger partial charge in [0, 0.05) is 17.8 Å². The summed E-state index contributed by atoms with van der Waals surface area (Å²) in [7, 11) is 0. The summed E-state index contributed by atoms with van der Waals surface area (Å²) < 4.78 is 18.0. The highest BCUT2D eigenvalue weighted by molar-refractivity contribution is 4.97. The molecule has 0 aromatic rings. The van der Waals surface area contributed by atoms with Crippen molar-refractivity contribution in [3.8, 4) is 12.3 Å². The molecule has 0 amide bonds. The predicted octanol–water partition coefficient (Wildman–Crippen LogP) is 3.19. The number of rotatable bonds is 4. The summed E-state index contributed by atoms with van der Waals surface area (Å²) in [5, 5.41) is 0. The second kappa shape index (κ2) is 5.09. The standard InChI is InChI=1S/C16H26O3/c1-6-7-8-9-13(2)16-17-10-15(11-18-16,12-19-16)14(3,4)5/h1,13H,7-12H2,2-5H3. The zero-order valence-electron chi connectivity index (χ0n) is 12.6. The van der Waals surface area contributed by atoms with Gasteiger partial charge in [-0.15, -0.1) is 12.3 Å². The fourth-order valence-electron chi connectivity index (χ4n) is 2.73. The summed E-state index contributed by atoms with van der Waals surface area (Å²) in [6, 6.07) is 0. The highest BCUT2D eigenvalue weighted by Crippen LogP contribution is 2.51. The Hall–Kier alpha value is -0.560. The number of ether oxygens (including phenoxy) is 3. The first-order chi connectivity index (χ1) is 8.85. The Balaban J connectivity index is 1.99. The van der Waals surface area contributed by atoms with E-state index >= 15 is 0 Å². The van der Waals surface area contributed by atoms with E-state index in [0.29, 0.717) is 0 Å². The average molecular weight is 266 g/mol. The van der Waals surface area contributed by atoms with E-state index < -0.39 is 5.97 Å². The fraction of sp³-hybridized carbons (Fsp3) is 0.875. The molecule has 3 fully saturated rings. The first kappa shape index (κ1) is 14.8. The van der Waals surface area contributed by atoms with Crippen molar-refractivity contribution in [2.75, 3.05) is 19.8 Å². The van der Waals surface area contributed by atoms with Gasteiger partial charge in [0.2, 0.25) is 0 Å². The van der Waals surface area contributed by atoms with Gasteiger partial charge in [0.05, 0.1) is 19.8 Å². The molecule has 2 bridgehead atoms. The van der Waals surface area contributed by atoms with Gasteiger partial charge in [0.25, 0.3) is 5.97 Å². The molecule has 1 atom stereocenters. The lowest BCUT2D eigenvalue weighted by atomic mass is 9.66. The summed E-state index contributed by atoms with van der Waals surface area (Å²) in [5.74, 6) is 2.05. The zero-order chi connectivity index (χ0) is 14.1. The number of unbranched alkanes of at least 4 members (excludes halogenated alkanes) is 1. The van der Waals surface area contributed by atoms with E-state index in [4.69, 9.17) is 20.6 Å². The van der Waals surface area contributed by atoms with Crippen molar-refractivity contribution in [2.45, 2.75) is 52.9 Å². The van der Waals surface area contributed by atoms with Crippen molar-refractivity contribution in [2.24, 2.45) is 16.7 Å². The molecule has 0 aromatic heterocycles. The molecule has 0 aromatic carbocycles. The third-order valence-electron chi connectivity index (χ3n) is 4.80. The second-order valence-electron chi connectivity index (χ2n) is 7.00. The molecule has 3 nitrogen and oxygen atoms in total. The number of fused-ring (bicyclic) bond motifs is 3. The van der Waals surface area contributed by atoms with Gasteiger partial charge in [-0.1, -0.05) is 27.7 Å². The number of hydrogen-bond acceptors (Lipinski definition) is 3. The lowest BCUT2D eigenvalue weighted by Crippen LogP contribution is -2.66. The van der Waals surface area contributed by atoms with Crippen LogP contribution in [0.1, 0.15) is 47.0 Å². The highest BCUT2D eigenvalue weighted by atomic mass is 16.9. The average Bonchev–Trinajstić information content (AvgIpc) is 2.40. The Kier molecular flexibility index (Phi) is 3.97. The van der Waals surface area contributed by atoms with Gasteiger partial charge < -0.3 is 14.2 Å². The maximum absolute atomic E-state index is 5.99. The van der Waals surface area contributed by atoms with Crippen molar-refractivity contribution in [3.63, 3.8) is 0 Å². The van der Waals surface area contributed by atoms with Crippen LogP contribution in [0.2, 0.25) is 0 Å². The normalized spacial score (nSPS) is 35.9. The molecule has 3 saturated heterocycles. The molecule has 3 rings (SSSR count). The molecule has 0 spiro atoms. The minimum Gasteiger partial charge on any atom is -0.326 e. The summed E-state index contributed by atoms with van der Waals surface area (Å²) in [5.41, 5.74) is 0.0968. The molecule has 0 aliphatic carbocycles. The highest BCUT2D eigenvalue weighted by Gasteiger charge is 2.58. The smallest absolute Gasteiger partial charge is 0.285 e. The maximum Gasteiger partial charge on any atom is 0.285 e. The molecule has 3 aliphatic heterocycles. The molecular weight excluding hydrogens is 240 g/mol. The van der Waals surface area contributed by atoms with Crippen molar-refractivity contribution in [1.82, 2.24) is 0 Å². The van der Waals surface area contributed by atoms with Gasteiger partial charge in [0.15, 0.2) is 0 Å². The molecule has 3 heteroatoms. The Morgan fingerprint density at radius 3 is 2.11 bits per heavy atom. The molecule has 1 unspecified atom stereocenters. The first-order valence-electron chi connectivity index (χ1n) is 7.21. The van der Waals surface area contributed by atoms with Gasteiger partial charge in [0.1, 0.15) is 0 Å². The summed E-state index contributed by atoms with van der Waals surface area (Å²) >= 11 is 0. The van der Waals surface area contributed by atoms with Gasteiger partial charge in [-0.25, -0.2) is 0 Å². The van der Waals surface area contributed by atoms with Crippen molar-refractivity contribution >= 4 is 0 Å². The SMILES string of the molecule is C#CCCCC(C)C12OCC(C(C)(C)C)(CO1)CO2. The van der Waals surface area contributed by atoms with Crippen LogP contribution in [0.4, 0.5) is 0 Å². The zero-order valence-corrected chi connectivity index (χ0v) is 12.6. The maximum atomic E-state index is 5.99. The van der Waals surface area contributed by atoms with Crippen LogP contribution in [-0.4, -0.2) is 25.8 Å². The third kappa shape index (κ3) is 2.54. The molecule has 108 valence electrons. The molecule has 0 N–H and O–H groups in total. The Morgan fingerprint density at radius 1 is 1.16 bits per heavy atom. The predicted molar refractivity (Wildman–Crippen MR) is 74.3 cm³/mol. The number of terminal acetylenes is 1. The Morgan fingerprint density at radius 2 is 1.68 bits per heavy atom. The molecule has 19 heavy (non-hydrogen) atoms. The van der Waals surface area contributed by atoms with E-state index in [0.717, 1.165) is 39.1 Å². The van der Waals surface area contributed by atoms with E-state index in [1.807, 2.05) is 0 Å². The largest absolute Gasteiger partial charge is 0.326 e. The molecule has 0 saturated carbocycles. The monoisotopic (exact) mass is 266 g/mol. The van der Waals surface area contributed by atoms with Gasteiger partial charge in [-0.2, -0.15) is 0 Å². The molecule has 0 radical (unpaired) electrons. The van der Waals surface area contributed by atoms with Crippen molar-refractivity contribution in [3.05, 3.63) is 0 Å².